The number of nitrogens with one attached hydrogen (secondary N) is 1. The molecule has 1 amide bonds. The second-order valence-electron chi connectivity index (χ2n) is 6.29. The molecular formula is C20H22N2O7. The van der Waals surface area contributed by atoms with Crippen LogP contribution in [-0.4, -0.2) is 37.1 Å². The number of methoxy groups -OCH3 is 2. The van der Waals surface area contributed by atoms with Gasteiger partial charge in [-0.15, -0.1) is 0 Å². The summed E-state index contributed by atoms with van der Waals surface area (Å²) in [6.07, 6.45) is -1.19. The van der Waals surface area contributed by atoms with E-state index in [-0.39, 0.29) is 17.1 Å². The molecule has 9 nitrogen and oxygen atoms in total. The van der Waals surface area contributed by atoms with Crippen LogP contribution in [0.5, 0.6) is 11.5 Å². The lowest BCUT2D eigenvalue weighted by Crippen LogP contribution is -2.30. The van der Waals surface area contributed by atoms with Crippen molar-refractivity contribution >= 4 is 23.3 Å². The maximum absolute atomic E-state index is 12.5. The molecule has 0 radical (unpaired) electrons. The lowest BCUT2D eigenvalue weighted by atomic mass is 10.1. The predicted octanol–water partition coefficient (Wildman–Crippen LogP) is 3.41. The molecule has 9 heteroatoms. The number of hydrogen-bond acceptors (Lipinski definition) is 7. The average molecular weight is 402 g/mol. The molecule has 2 rings (SSSR count). The van der Waals surface area contributed by atoms with E-state index < -0.39 is 28.6 Å². The summed E-state index contributed by atoms with van der Waals surface area (Å²) in [5, 5.41) is 14.1. The molecule has 1 atom stereocenters. The standard InChI is InChI=1S/C20H22N2O7/c1-11-7-6-8-12(2)18(11)21-19(23)13(3)29-20(24)14-9-16(27-4)17(28-5)10-15(14)22(25)26/h6-10,13H,1-5H3,(H,21,23). The van der Waals surface area contributed by atoms with Gasteiger partial charge in [0.2, 0.25) is 0 Å². The van der Waals surface area contributed by atoms with Gasteiger partial charge in [-0.2, -0.15) is 0 Å². The lowest BCUT2D eigenvalue weighted by Gasteiger charge is -2.16. The number of rotatable bonds is 7. The Bertz CT molecular complexity index is 936. The summed E-state index contributed by atoms with van der Waals surface area (Å²) < 4.78 is 15.3. The number of benzene rings is 2. The second kappa shape index (κ2) is 9.05. The van der Waals surface area contributed by atoms with Crippen molar-refractivity contribution in [3.05, 3.63) is 57.1 Å². The van der Waals surface area contributed by atoms with E-state index in [1.165, 1.54) is 21.1 Å². The van der Waals surface area contributed by atoms with Crippen molar-refractivity contribution < 1.29 is 28.7 Å². The summed E-state index contributed by atoms with van der Waals surface area (Å²) in [6.45, 7) is 5.06. The van der Waals surface area contributed by atoms with Crippen LogP contribution in [0.4, 0.5) is 11.4 Å². The van der Waals surface area contributed by atoms with Crippen molar-refractivity contribution in [3.8, 4) is 11.5 Å². The first-order chi connectivity index (χ1) is 13.7. The Hall–Kier alpha value is -3.62. The van der Waals surface area contributed by atoms with Gasteiger partial charge in [0.1, 0.15) is 5.56 Å². The highest BCUT2D eigenvalue weighted by Crippen LogP contribution is 2.35. The molecule has 0 fully saturated rings. The van der Waals surface area contributed by atoms with Crippen molar-refractivity contribution in [2.24, 2.45) is 0 Å². The van der Waals surface area contributed by atoms with Gasteiger partial charge < -0.3 is 19.5 Å². The molecule has 2 aromatic rings. The Kier molecular flexibility index (Phi) is 6.76. The first-order valence-electron chi connectivity index (χ1n) is 8.68. The molecule has 154 valence electrons. The third-order valence-corrected chi connectivity index (χ3v) is 4.30. The van der Waals surface area contributed by atoms with Crippen molar-refractivity contribution in [2.45, 2.75) is 26.9 Å². The third kappa shape index (κ3) is 4.81. The van der Waals surface area contributed by atoms with E-state index in [4.69, 9.17) is 14.2 Å². The number of anilines is 1. The fourth-order valence-corrected chi connectivity index (χ4v) is 2.70. The van der Waals surface area contributed by atoms with Crippen LogP contribution in [-0.2, 0) is 9.53 Å². The van der Waals surface area contributed by atoms with Crippen LogP contribution in [0, 0.1) is 24.0 Å². The van der Waals surface area contributed by atoms with Crippen molar-refractivity contribution in [1.29, 1.82) is 0 Å². The van der Waals surface area contributed by atoms with E-state index in [2.05, 4.69) is 5.32 Å². The number of aryl methyl sites for hydroxylation is 2. The number of nitro benzene ring substituents is 1. The summed E-state index contributed by atoms with van der Waals surface area (Å²) in [4.78, 5) is 35.6. The number of amides is 1. The lowest BCUT2D eigenvalue weighted by molar-refractivity contribution is -0.385. The van der Waals surface area contributed by atoms with E-state index in [1.54, 1.807) is 0 Å². The fraction of sp³-hybridized carbons (Fsp3) is 0.300. The Morgan fingerprint density at radius 2 is 1.62 bits per heavy atom. The van der Waals surface area contributed by atoms with E-state index in [0.717, 1.165) is 23.3 Å². The number of nitro groups is 1. The monoisotopic (exact) mass is 402 g/mol. The molecule has 0 spiro atoms. The summed E-state index contributed by atoms with van der Waals surface area (Å²) in [5.41, 5.74) is 1.46. The average Bonchev–Trinajstić information content (AvgIpc) is 2.69. The van der Waals surface area contributed by atoms with Gasteiger partial charge in [0.25, 0.3) is 11.6 Å². The summed E-state index contributed by atoms with van der Waals surface area (Å²) in [7, 11) is 2.65. The van der Waals surface area contributed by atoms with Crippen LogP contribution >= 0.6 is 0 Å². The molecule has 0 heterocycles. The zero-order chi connectivity index (χ0) is 21.7. The van der Waals surface area contributed by atoms with Gasteiger partial charge in [-0.25, -0.2) is 4.79 Å². The van der Waals surface area contributed by atoms with Gasteiger partial charge in [0, 0.05) is 11.8 Å². The Balaban J connectivity index is 2.24. The Morgan fingerprint density at radius 3 is 2.14 bits per heavy atom. The minimum atomic E-state index is -1.19. The number of esters is 1. The highest BCUT2D eigenvalue weighted by atomic mass is 16.6. The smallest absolute Gasteiger partial charge is 0.346 e. The maximum atomic E-state index is 12.5. The van der Waals surface area contributed by atoms with Crippen LogP contribution in [0.1, 0.15) is 28.4 Å². The number of carbonyl (C=O) groups is 2. The van der Waals surface area contributed by atoms with Crippen molar-refractivity contribution in [1.82, 2.24) is 0 Å². The van der Waals surface area contributed by atoms with E-state index in [0.29, 0.717) is 5.69 Å². The van der Waals surface area contributed by atoms with Gasteiger partial charge in [0.15, 0.2) is 17.6 Å². The molecule has 1 N–H and O–H groups in total. The summed E-state index contributed by atoms with van der Waals surface area (Å²) in [5.74, 6) is -1.37. The molecule has 0 aliphatic carbocycles. The van der Waals surface area contributed by atoms with Crippen LogP contribution in [0.15, 0.2) is 30.3 Å². The molecular weight excluding hydrogens is 380 g/mol. The highest BCUT2D eigenvalue weighted by molar-refractivity contribution is 6.00. The minimum absolute atomic E-state index is 0.0940. The van der Waals surface area contributed by atoms with Crippen LogP contribution in [0.25, 0.3) is 0 Å². The number of ether oxygens (including phenoxy) is 3. The number of nitrogens with zero attached hydrogens (tertiary/aromatic N) is 1. The highest BCUT2D eigenvalue weighted by Gasteiger charge is 2.28. The maximum Gasteiger partial charge on any atom is 0.346 e. The van der Waals surface area contributed by atoms with Crippen molar-refractivity contribution in [2.75, 3.05) is 19.5 Å². The quantitative estimate of drug-likeness (QED) is 0.428. The van der Waals surface area contributed by atoms with Crippen LogP contribution < -0.4 is 14.8 Å². The third-order valence-electron chi connectivity index (χ3n) is 4.30. The van der Waals surface area contributed by atoms with Crippen molar-refractivity contribution in [3.63, 3.8) is 0 Å². The minimum Gasteiger partial charge on any atom is -0.493 e. The first-order valence-corrected chi connectivity index (χ1v) is 8.68. The van der Waals surface area contributed by atoms with E-state index in [9.17, 15) is 19.7 Å². The van der Waals surface area contributed by atoms with Gasteiger partial charge >= 0.3 is 5.97 Å². The topological polar surface area (TPSA) is 117 Å². The van der Waals surface area contributed by atoms with Gasteiger partial charge in [0.05, 0.1) is 25.2 Å². The van der Waals surface area contributed by atoms with E-state index in [1.807, 2.05) is 32.0 Å². The predicted molar refractivity (Wildman–Crippen MR) is 106 cm³/mol. The normalized spacial score (nSPS) is 11.3. The molecule has 29 heavy (non-hydrogen) atoms. The first kappa shape index (κ1) is 21.7. The molecule has 0 aromatic heterocycles. The summed E-state index contributed by atoms with van der Waals surface area (Å²) >= 11 is 0. The largest absolute Gasteiger partial charge is 0.493 e. The molecule has 2 aromatic carbocycles. The zero-order valence-corrected chi connectivity index (χ0v) is 16.8. The molecule has 0 aliphatic rings. The van der Waals surface area contributed by atoms with Crippen LogP contribution in [0.2, 0.25) is 0 Å². The van der Waals surface area contributed by atoms with Crippen LogP contribution in [0.3, 0.4) is 0 Å². The number of hydrogen-bond donors (Lipinski definition) is 1. The second-order valence-corrected chi connectivity index (χ2v) is 6.29. The SMILES string of the molecule is COc1cc(C(=O)OC(C)C(=O)Nc2c(C)cccc2C)c([N+](=O)[O-])cc1OC. The molecule has 0 aliphatic heterocycles. The Labute approximate surface area is 167 Å². The summed E-state index contributed by atoms with van der Waals surface area (Å²) in [6, 6.07) is 7.75. The van der Waals surface area contributed by atoms with E-state index >= 15 is 0 Å². The Morgan fingerprint density at radius 1 is 1.07 bits per heavy atom. The van der Waals surface area contributed by atoms with Gasteiger partial charge in [-0.1, -0.05) is 18.2 Å². The molecule has 0 saturated carbocycles. The van der Waals surface area contributed by atoms with Gasteiger partial charge in [-0.05, 0) is 31.9 Å². The number of carbonyl (C=O) groups excluding carboxylic acids is 2. The van der Waals surface area contributed by atoms with Gasteiger partial charge in [-0.3, -0.25) is 14.9 Å². The zero-order valence-electron chi connectivity index (χ0n) is 16.8. The molecule has 1 unspecified atom stereocenters. The molecule has 0 bridgehead atoms. The molecule has 0 saturated heterocycles. The fourth-order valence-electron chi connectivity index (χ4n) is 2.70. The number of para-hydroxylation sites is 1.